The zero-order chi connectivity index (χ0) is 16.9. The fourth-order valence-corrected chi connectivity index (χ4v) is 2.56. The van der Waals surface area contributed by atoms with Gasteiger partial charge in [-0.05, 0) is 42.7 Å². The molecule has 1 aliphatic heterocycles. The number of nitrogens with one attached hydrogen (secondary N) is 1. The van der Waals surface area contributed by atoms with Crippen molar-refractivity contribution in [3.8, 4) is 0 Å². The maximum Gasteiger partial charge on any atom is 0.282 e. The molecule has 1 atom stereocenters. The lowest BCUT2D eigenvalue weighted by Gasteiger charge is -2.08. The molecule has 6 nitrogen and oxygen atoms in total. The average Bonchev–Trinajstić information content (AvgIpc) is 3.00. The highest BCUT2D eigenvalue weighted by molar-refractivity contribution is 6.30. The van der Waals surface area contributed by atoms with E-state index in [4.69, 9.17) is 22.1 Å². The largest absolute Gasteiger partial charge is 0.463 e. The van der Waals surface area contributed by atoms with Gasteiger partial charge in [0.1, 0.15) is 12.3 Å². The highest BCUT2D eigenvalue weighted by atomic mass is 35.5. The smallest absolute Gasteiger partial charge is 0.282 e. The number of rotatable bonds is 5. The maximum absolute atomic E-state index is 12.1. The van der Waals surface area contributed by atoms with Crippen LogP contribution in [0.15, 0.2) is 47.6 Å². The molecular weight excluding hydrogens is 328 g/mol. The van der Waals surface area contributed by atoms with Crippen LogP contribution in [0.3, 0.4) is 0 Å². The zero-order valence-electron chi connectivity index (χ0n) is 12.9. The molecule has 0 radical (unpaired) electrons. The minimum Gasteiger partial charge on any atom is -0.463 e. The summed E-state index contributed by atoms with van der Waals surface area (Å²) < 4.78 is 5.13. The molecule has 0 bridgehead atoms. The van der Waals surface area contributed by atoms with Crippen molar-refractivity contribution in [1.29, 1.82) is 0 Å². The summed E-state index contributed by atoms with van der Waals surface area (Å²) in [5, 5.41) is 3.27. The van der Waals surface area contributed by atoms with Gasteiger partial charge < -0.3 is 15.8 Å². The van der Waals surface area contributed by atoms with Gasteiger partial charge in [0.05, 0.1) is 6.04 Å². The van der Waals surface area contributed by atoms with E-state index < -0.39 is 0 Å². The molecule has 1 aliphatic rings. The van der Waals surface area contributed by atoms with Crippen LogP contribution in [-0.4, -0.2) is 29.6 Å². The first kappa shape index (κ1) is 16.3. The van der Waals surface area contributed by atoms with Crippen molar-refractivity contribution in [2.24, 2.45) is 10.7 Å². The van der Waals surface area contributed by atoms with Gasteiger partial charge in [0.25, 0.3) is 11.9 Å². The quantitative estimate of drug-likeness (QED) is 0.872. The second-order valence-corrected chi connectivity index (χ2v) is 5.92. The van der Waals surface area contributed by atoms with Crippen LogP contribution in [0.4, 0.5) is 5.69 Å². The van der Waals surface area contributed by atoms with E-state index in [1.165, 1.54) is 12.3 Å². The van der Waals surface area contributed by atoms with Gasteiger partial charge in [-0.25, -0.2) is 4.99 Å². The number of anilines is 1. The van der Waals surface area contributed by atoms with Crippen LogP contribution in [0.5, 0.6) is 0 Å². The van der Waals surface area contributed by atoms with Crippen molar-refractivity contribution in [1.82, 2.24) is 4.98 Å². The number of hydrogen-bond acceptors (Lipinski definition) is 5. The van der Waals surface area contributed by atoms with E-state index in [2.05, 4.69) is 15.3 Å². The summed E-state index contributed by atoms with van der Waals surface area (Å²) in [6, 6.07) is 11.2. The van der Waals surface area contributed by atoms with Crippen molar-refractivity contribution in [2.75, 3.05) is 11.9 Å². The second kappa shape index (κ2) is 7.31. The molecule has 2 heterocycles. The minimum absolute atomic E-state index is 0.123. The molecule has 0 fully saturated rings. The van der Waals surface area contributed by atoms with Crippen molar-refractivity contribution >= 4 is 29.2 Å². The van der Waals surface area contributed by atoms with E-state index in [-0.39, 0.29) is 23.7 Å². The Morgan fingerprint density at radius 2 is 2.12 bits per heavy atom. The van der Waals surface area contributed by atoms with Crippen LogP contribution in [0.2, 0.25) is 5.02 Å². The van der Waals surface area contributed by atoms with Crippen LogP contribution < -0.4 is 11.1 Å². The number of nitrogens with zero attached hydrogens (tertiary/aromatic N) is 2. The molecule has 124 valence electrons. The molecule has 1 unspecified atom stereocenters. The number of carbonyl (C=O) groups excluding carboxylic acids is 1. The van der Waals surface area contributed by atoms with Gasteiger partial charge in [-0.2, -0.15) is 0 Å². The standard InChI is InChI=1S/C17H17ClN4O2/c18-12-7-8-20-15(9-12)16(23)21-13-4-1-11(2-5-13)3-6-14-10-24-17(19)22-14/h1-2,4-5,7-9,14H,3,6,10H2,(H2,19,22)(H,21,23). The Hall–Kier alpha value is -2.60. The first-order valence-electron chi connectivity index (χ1n) is 7.58. The highest BCUT2D eigenvalue weighted by Crippen LogP contribution is 2.16. The van der Waals surface area contributed by atoms with E-state index in [0.29, 0.717) is 17.3 Å². The summed E-state index contributed by atoms with van der Waals surface area (Å²) >= 11 is 5.86. The number of aryl methyl sites for hydroxylation is 1. The molecule has 2 aromatic rings. The normalized spacial score (nSPS) is 16.4. The Morgan fingerprint density at radius 1 is 1.33 bits per heavy atom. The average molecular weight is 345 g/mol. The number of pyridine rings is 1. The van der Waals surface area contributed by atoms with Crippen molar-refractivity contribution in [2.45, 2.75) is 18.9 Å². The number of aromatic nitrogens is 1. The van der Waals surface area contributed by atoms with Gasteiger partial charge in [-0.15, -0.1) is 0 Å². The number of halogens is 1. The molecule has 0 aliphatic carbocycles. The van der Waals surface area contributed by atoms with Crippen LogP contribution >= 0.6 is 11.6 Å². The summed E-state index contributed by atoms with van der Waals surface area (Å²) in [6.07, 6.45) is 3.25. The zero-order valence-corrected chi connectivity index (χ0v) is 13.7. The number of ether oxygens (including phenoxy) is 1. The Bertz CT molecular complexity index is 761. The third-order valence-corrected chi connectivity index (χ3v) is 3.90. The monoisotopic (exact) mass is 344 g/mol. The number of amidine groups is 1. The van der Waals surface area contributed by atoms with Crippen LogP contribution in [0, 0.1) is 0 Å². The summed E-state index contributed by atoms with van der Waals surface area (Å²) in [5.41, 5.74) is 7.64. The van der Waals surface area contributed by atoms with Crippen LogP contribution in [0.1, 0.15) is 22.5 Å². The van der Waals surface area contributed by atoms with Gasteiger partial charge in [-0.1, -0.05) is 23.7 Å². The van der Waals surface area contributed by atoms with E-state index >= 15 is 0 Å². The van der Waals surface area contributed by atoms with Gasteiger partial charge in [0, 0.05) is 16.9 Å². The summed E-state index contributed by atoms with van der Waals surface area (Å²) in [6.45, 7) is 0.548. The third-order valence-electron chi connectivity index (χ3n) is 3.67. The Balaban J connectivity index is 1.55. The van der Waals surface area contributed by atoms with E-state index in [1.54, 1.807) is 6.07 Å². The van der Waals surface area contributed by atoms with E-state index in [9.17, 15) is 4.79 Å². The Kier molecular flexibility index (Phi) is 4.96. The summed E-state index contributed by atoms with van der Waals surface area (Å²) in [4.78, 5) is 20.3. The molecule has 0 saturated heterocycles. The molecule has 3 rings (SSSR count). The van der Waals surface area contributed by atoms with Gasteiger partial charge in [0.2, 0.25) is 0 Å². The lowest BCUT2D eigenvalue weighted by atomic mass is 10.1. The topological polar surface area (TPSA) is 89.6 Å². The molecule has 3 N–H and O–H groups in total. The molecule has 7 heteroatoms. The van der Waals surface area contributed by atoms with Gasteiger partial charge in [-0.3, -0.25) is 9.78 Å². The number of aliphatic imine (C=N–C) groups is 1. The number of nitrogens with two attached hydrogens (primary N) is 1. The lowest BCUT2D eigenvalue weighted by molar-refractivity contribution is 0.102. The molecule has 0 spiro atoms. The van der Waals surface area contributed by atoms with Crippen LogP contribution in [0.25, 0.3) is 0 Å². The Morgan fingerprint density at radius 3 is 2.79 bits per heavy atom. The molecule has 1 aromatic heterocycles. The number of carbonyl (C=O) groups is 1. The van der Waals surface area contributed by atoms with Gasteiger partial charge in [0.15, 0.2) is 0 Å². The maximum atomic E-state index is 12.1. The SMILES string of the molecule is NC1=NC(CCc2ccc(NC(=O)c3cc(Cl)ccn3)cc2)CO1. The van der Waals surface area contributed by atoms with E-state index in [1.807, 2.05) is 24.3 Å². The van der Waals surface area contributed by atoms with Crippen molar-refractivity contribution in [3.63, 3.8) is 0 Å². The minimum atomic E-state index is -0.293. The van der Waals surface area contributed by atoms with Crippen molar-refractivity contribution < 1.29 is 9.53 Å². The molecule has 0 saturated carbocycles. The summed E-state index contributed by atoms with van der Waals surface area (Å²) in [5.74, 6) is -0.293. The van der Waals surface area contributed by atoms with Crippen molar-refractivity contribution in [3.05, 3.63) is 58.9 Å². The third kappa shape index (κ3) is 4.23. The predicted molar refractivity (Wildman–Crippen MR) is 93.3 cm³/mol. The van der Waals surface area contributed by atoms with E-state index in [0.717, 1.165) is 18.4 Å². The Labute approximate surface area is 144 Å². The molecule has 24 heavy (non-hydrogen) atoms. The van der Waals surface area contributed by atoms with Gasteiger partial charge >= 0.3 is 0 Å². The number of benzene rings is 1. The predicted octanol–water partition coefficient (Wildman–Crippen LogP) is 2.63. The second-order valence-electron chi connectivity index (χ2n) is 5.48. The fourth-order valence-electron chi connectivity index (χ4n) is 2.40. The summed E-state index contributed by atoms with van der Waals surface area (Å²) in [7, 11) is 0. The first-order valence-corrected chi connectivity index (χ1v) is 7.96. The number of amides is 1. The molecule has 1 aromatic carbocycles. The molecular formula is C17H17ClN4O2. The lowest BCUT2D eigenvalue weighted by Crippen LogP contribution is -2.13. The highest BCUT2D eigenvalue weighted by Gasteiger charge is 2.16. The number of hydrogen-bond donors (Lipinski definition) is 2. The first-order chi connectivity index (χ1) is 11.6. The molecule has 1 amide bonds. The fraction of sp³-hybridized carbons (Fsp3) is 0.235. The van der Waals surface area contributed by atoms with Crippen LogP contribution in [-0.2, 0) is 11.2 Å².